The van der Waals surface area contributed by atoms with Gasteiger partial charge in [0.05, 0.1) is 5.71 Å². The van der Waals surface area contributed by atoms with Crippen molar-refractivity contribution in [3.63, 3.8) is 0 Å². The molecule has 0 aromatic heterocycles. The van der Waals surface area contributed by atoms with Gasteiger partial charge < -0.3 is 9.94 Å². The van der Waals surface area contributed by atoms with Crippen LogP contribution in [0.2, 0.25) is 0 Å². The van der Waals surface area contributed by atoms with Crippen molar-refractivity contribution >= 4 is 5.71 Å². The van der Waals surface area contributed by atoms with Crippen LogP contribution in [0.25, 0.3) is 0 Å². The van der Waals surface area contributed by atoms with Crippen LogP contribution in [0.1, 0.15) is 18.1 Å². The zero-order valence-electron chi connectivity index (χ0n) is 10.2. The smallest absolute Gasteiger partial charge is 0.128 e. The van der Waals surface area contributed by atoms with E-state index in [1.54, 1.807) is 6.92 Å². The number of ether oxygens (including phenoxy) is 1. The Balaban J connectivity index is 2.15. The summed E-state index contributed by atoms with van der Waals surface area (Å²) in [5, 5.41) is 12.0. The second kappa shape index (κ2) is 5.87. The maximum absolute atomic E-state index is 8.83. The Hall–Kier alpha value is -2.29. The lowest BCUT2D eigenvalue weighted by Crippen LogP contribution is -2.02. The monoisotopic (exact) mass is 241 g/mol. The Morgan fingerprint density at radius 3 is 2.44 bits per heavy atom. The Kier molecular flexibility index (Phi) is 3.97. The molecule has 0 spiro atoms. The summed E-state index contributed by atoms with van der Waals surface area (Å²) in [7, 11) is 0. The minimum Gasteiger partial charge on any atom is -0.488 e. The maximum Gasteiger partial charge on any atom is 0.128 e. The highest BCUT2D eigenvalue weighted by atomic mass is 16.5. The molecule has 1 N–H and O–H groups in total. The highest BCUT2D eigenvalue weighted by molar-refractivity contribution is 6.00. The van der Waals surface area contributed by atoms with E-state index >= 15 is 0 Å². The maximum atomic E-state index is 8.83. The van der Waals surface area contributed by atoms with Gasteiger partial charge in [0, 0.05) is 5.56 Å². The van der Waals surface area contributed by atoms with Crippen LogP contribution in [-0.2, 0) is 6.61 Å². The van der Waals surface area contributed by atoms with Crippen molar-refractivity contribution in [1.82, 2.24) is 0 Å². The molecule has 0 saturated heterocycles. The molecule has 0 bridgehead atoms. The molecule has 2 aromatic carbocycles. The lowest BCUT2D eigenvalue weighted by Gasteiger charge is -2.10. The molecule has 92 valence electrons. The van der Waals surface area contributed by atoms with Crippen molar-refractivity contribution < 1.29 is 9.94 Å². The van der Waals surface area contributed by atoms with Crippen LogP contribution in [0.15, 0.2) is 59.8 Å². The fraction of sp³-hybridized carbons (Fsp3) is 0.133. The lowest BCUT2D eigenvalue weighted by atomic mass is 10.1. The van der Waals surface area contributed by atoms with E-state index < -0.39 is 0 Å². The van der Waals surface area contributed by atoms with Crippen molar-refractivity contribution in [2.24, 2.45) is 5.16 Å². The van der Waals surface area contributed by atoms with Crippen LogP contribution in [0, 0.1) is 0 Å². The molecule has 0 saturated carbocycles. The molecule has 0 unspecified atom stereocenters. The minimum atomic E-state index is 0.497. The van der Waals surface area contributed by atoms with Crippen molar-refractivity contribution in [2.45, 2.75) is 13.5 Å². The lowest BCUT2D eigenvalue weighted by molar-refractivity contribution is 0.303. The van der Waals surface area contributed by atoms with Gasteiger partial charge in [0.2, 0.25) is 0 Å². The molecule has 0 aliphatic carbocycles. The molecule has 0 aliphatic heterocycles. The first-order valence-electron chi connectivity index (χ1n) is 5.76. The summed E-state index contributed by atoms with van der Waals surface area (Å²) in [4.78, 5) is 0. The van der Waals surface area contributed by atoms with E-state index in [0.29, 0.717) is 12.3 Å². The van der Waals surface area contributed by atoms with Gasteiger partial charge in [-0.05, 0) is 24.6 Å². The molecule has 0 amide bonds. The van der Waals surface area contributed by atoms with Gasteiger partial charge >= 0.3 is 0 Å². The van der Waals surface area contributed by atoms with Gasteiger partial charge in [-0.2, -0.15) is 0 Å². The average molecular weight is 241 g/mol. The molecule has 0 fully saturated rings. The number of oxime groups is 1. The van der Waals surface area contributed by atoms with Crippen LogP contribution in [-0.4, -0.2) is 10.9 Å². The molecular weight excluding hydrogens is 226 g/mol. The number of hydrogen-bond acceptors (Lipinski definition) is 3. The number of nitrogens with zero attached hydrogens (tertiary/aromatic N) is 1. The summed E-state index contributed by atoms with van der Waals surface area (Å²) in [6.45, 7) is 2.24. The molecule has 0 aliphatic rings. The van der Waals surface area contributed by atoms with Crippen molar-refractivity contribution in [3.05, 3.63) is 65.7 Å². The number of rotatable bonds is 4. The molecule has 18 heavy (non-hydrogen) atoms. The largest absolute Gasteiger partial charge is 0.488 e. The molecule has 0 atom stereocenters. The summed E-state index contributed by atoms with van der Waals surface area (Å²) in [6.07, 6.45) is 0. The van der Waals surface area contributed by atoms with Crippen LogP contribution < -0.4 is 4.74 Å². The van der Waals surface area contributed by atoms with Gasteiger partial charge in [0.1, 0.15) is 12.4 Å². The third kappa shape index (κ3) is 2.88. The van der Waals surface area contributed by atoms with Crippen LogP contribution >= 0.6 is 0 Å². The van der Waals surface area contributed by atoms with E-state index in [9.17, 15) is 0 Å². The molecule has 3 heteroatoms. The molecule has 2 aromatic rings. The van der Waals surface area contributed by atoms with Gasteiger partial charge in [-0.3, -0.25) is 0 Å². The first-order valence-corrected chi connectivity index (χ1v) is 5.76. The molecular formula is C15H15NO2. The van der Waals surface area contributed by atoms with Gasteiger partial charge in [-0.1, -0.05) is 47.6 Å². The Bertz CT molecular complexity index is 535. The normalized spacial score (nSPS) is 11.3. The molecule has 0 heterocycles. The van der Waals surface area contributed by atoms with Crippen LogP contribution in [0.5, 0.6) is 5.75 Å². The van der Waals surface area contributed by atoms with E-state index in [1.807, 2.05) is 54.6 Å². The van der Waals surface area contributed by atoms with Crippen LogP contribution in [0.3, 0.4) is 0 Å². The third-order valence-electron chi connectivity index (χ3n) is 2.66. The van der Waals surface area contributed by atoms with Crippen molar-refractivity contribution in [3.8, 4) is 5.75 Å². The van der Waals surface area contributed by atoms with Crippen molar-refractivity contribution in [1.29, 1.82) is 0 Å². The second-order valence-electron chi connectivity index (χ2n) is 3.96. The Labute approximate surface area is 106 Å². The Morgan fingerprint density at radius 1 is 1.06 bits per heavy atom. The van der Waals surface area contributed by atoms with E-state index in [4.69, 9.17) is 9.94 Å². The van der Waals surface area contributed by atoms with Gasteiger partial charge in [-0.25, -0.2) is 0 Å². The summed E-state index contributed by atoms with van der Waals surface area (Å²) < 4.78 is 5.75. The first kappa shape index (κ1) is 12.2. The third-order valence-corrected chi connectivity index (χ3v) is 2.66. The summed E-state index contributed by atoms with van der Waals surface area (Å²) in [6, 6.07) is 17.5. The minimum absolute atomic E-state index is 0.497. The van der Waals surface area contributed by atoms with Gasteiger partial charge in [0.25, 0.3) is 0 Å². The zero-order valence-corrected chi connectivity index (χ0v) is 10.2. The summed E-state index contributed by atoms with van der Waals surface area (Å²) in [5.74, 6) is 0.719. The van der Waals surface area contributed by atoms with E-state index in [1.165, 1.54) is 0 Å². The fourth-order valence-corrected chi connectivity index (χ4v) is 1.68. The van der Waals surface area contributed by atoms with E-state index in [2.05, 4.69) is 5.16 Å². The van der Waals surface area contributed by atoms with Gasteiger partial charge in [0.15, 0.2) is 0 Å². The quantitative estimate of drug-likeness (QED) is 0.506. The highest BCUT2D eigenvalue weighted by Crippen LogP contribution is 2.20. The van der Waals surface area contributed by atoms with Crippen molar-refractivity contribution in [2.75, 3.05) is 0 Å². The zero-order chi connectivity index (χ0) is 12.8. The number of benzene rings is 2. The van der Waals surface area contributed by atoms with E-state index in [-0.39, 0.29) is 0 Å². The molecule has 0 radical (unpaired) electrons. The molecule has 2 rings (SSSR count). The average Bonchev–Trinajstić information content (AvgIpc) is 2.45. The highest BCUT2D eigenvalue weighted by Gasteiger charge is 2.06. The molecule has 3 nitrogen and oxygen atoms in total. The SMILES string of the molecule is CC(=NO)c1ccccc1OCc1ccccc1. The predicted molar refractivity (Wildman–Crippen MR) is 71.2 cm³/mol. The van der Waals surface area contributed by atoms with E-state index in [0.717, 1.165) is 16.9 Å². The standard InChI is InChI=1S/C15H15NO2/c1-12(16-17)14-9-5-6-10-15(14)18-11-13-7-3-2-4-8-13/h2-10,17H,11H2,1H3. The fourth-order valence-electron chi connectivity index (χ4n) is 1.68. The predicted octanol–water partition coefficient (Wildman–Crippen LogP) is 3.46. The first-order chi connectivity index (χ1) is 8.81. The summed E-state index contributed by atoms with van der Waals surface area (Å²) in [5.41, 5.74) is 2.44. The summed E-state index contributed by atoms with van der Waals surface area (Å²) >= 11 is 0. The topological polar surface area (TPSA) is 41.8 Å². The number of hydrogen-bond donors (Lipinski definition) is 1. The van der Waals surface area contributed by atoms with Crippen LogP contribution in [0.4, 0.5) is 0 Å². The second-order valence-corrected chi connectivity index (χ2v) is 3.96. The Morgan fingerprint density at radius 2 is 1.72 bits per heavy atom. The van der Waals surface area contributed by atoms with Gasteiger partial charge in [-0.15, -0.1) is 0 Å². The number of para-hydroxylation sites is 1.